The molecule has 1 aromatic heterocycles. The molecule has 2 aromatic rings. The molecule has 2 heterocycles. The van der Waals surface area contributed by atoms with Crippen molar-refractivity contribution in [2.75, 3.05) is 6.61 Å². The second-order valence-electron chi connectivity index (χ2n) is 4.36. The number of halogens is 2. The molecular weight excluding hydrogens is 257 g/mol. The second-order valence-corrected chi connectivity index (χ2v) is 4.80. The predicted molar refractivity (Wildman–Crippen MR) is 64.0 cm³/mol. The zero-order valence-electron chi connectivity index (χ0n) is 9.46. The van der Waals surface area contributed by atoms with Gasteiger partial charge in [0, 0.05) is 5.02 Å². The number of hydrogen-bond acceptors (Lipinski definition) is 3. The summed E-state index contributed by atoms with van der Waals surface area (Å²) in [5, 5.41) is 4.56. The van der Waals surface area contributed by atoms with Crippen molar-refractivity contribution in [1.29, 1.82) is 0 Å². The van der Waals surface area contributed by atoms with Gasteiger partial charge in [-0.25, -0.2) is 14.1 Å². The van der Waals surface area contributed by atoms with Crippen LogP contribution >= 0.6 is 11.6 Å². The lowest BCUT2D eigenvalue weighted by atomic mass is 9.98. The third kappa shape index (κ3) is 2.11. The van der Waals surface area contributed by atoms with Crippen molar-refractivity contribution in [3.63, 3.8) is 0 Å². The Kier molecular flexibility index (Phi) is 2.80. The summed E-state index contributed by atoms with van der Waals surface area (Å²) >= 11 is 5.79. The van der Waals surface area contributed by atoms with Gasteiger partial charge in [-0.15, -0.1) is 0 Å². The highest BCUT2D eigenvalue weighted by Gasteiger charge is 2.53. The summed E-state index contributed by atoms with van der Waals surface area (Å²) in [6.07, 6.45) is 1.78. The maximum atomic E-state index is 14.5. The van der Waals surface area contributed by atoms with Crippen LogP contribution in [0.25, 0.3) is 0 Å². The smallest absolute Gasteiger partial charge is 0.158 e. The minimum absolute atomic E-state index is 0.358. The second kappa shape index (κ2) is 4.33. The lowest BCUT2D eigenvalue weighted by Gasteiger charge is -2.17. The Bertz CT molecular complexity index is 525. The van der Waals surface area contributed by atoms with Crippen LogP contribution in [-0.4, -0.2) is 27.0 Å². The molecule has 6 heteroatoms. The first-order chi connectivity index (χ1) is 8.70. The highest BCUT2D eigenvalue weighted by Crippen LogP contribution is 2.44. The van der Waals surface area contributed by atoms with Gasteiger partial charge in [0.2, 0.25) is 0 Å². The summed E-state index contributed by atoms with van der Waals surface area (Å²) in [6, 6.07) is 6.71. The highest BCUT2D eigenvalue weighted by molar-refractivity contribution is 6.30. The number of rotatable bonds is 4. The molecule has 0 N–H and O–H groups in total. The van der Waals surface area contributed by atoms with Crippen LogP contribution in [0.5, 0.6) is 0 Å². The third-order valence-corrected chi connectivity index (χ3v) is 3.29. The number of epoxide rings is 1. The van der Waals surface area contributed by atoms with E-state index in [0.29, 0.717) is 23.7 Å². The van der Waals surface area contributed by atoms with Crippen LogP contribution in [0.1, 0.15) is 11.7 Å². The first-order valence-corrected chi connectivity index (χ1v) is 5.93. The molecule has 1 fully saturated rings. The predicted octanol–water partition coefficient (Wildman–Crippen LogP) is 2.41. The molecule has 0 radical (unpaired) electrons. The average molecular weight is 268 g/mol. The van der Waals surface area contributed by atoms with E-state index in [4.69, 9.17) is 16.3 Å². The number of aromatic nitrogens is 3. The van der Waals surface area contributed by atoms with E-state index in [2.05, 4.69) is 10.1 Å². The zero-order chi connectivity index (χ0) is 12.6. The molecule has 1 aliphatic heterocycles. The summed E-state index contributed by atoms with van der Waals surface area (Å²) in [5.74, 6) is 0. The molecule has 2 unspecified atom stereocenters. The number of hydrogen-bond donors (Lipinski definition) is 0. The molecule has 0 amide bonds. The van der Waals surface area contributed by atoms with Crippen LogP contribution in [-0.2, 0) is 11.3 Å². The molecule has 0 bridgehead atoms. The summed E-state index contributed by atoms with van der Waals surface area (Å²) < 4.78 is 21.4. The fraction of sp³-hybridized carbons (Fsp3) is 0.333. The van der Waals surface area contributed by atoms with Gasteiger partial charge in [0.25, 0.3) is 0 Å². The summed E-state index contributed by atoms with van der Waals surface area (Å²) in [4.78, 5) is 3.83. The fourth-order valence-electron chi connectivity index (χ4n) is 1.93. The van der Waals surface area contributed by atoms with Crippen LogP contribution in [0.3, 0.4) is 0 Å². The van der Waals surface area contributed by atoms with Gasteiger partial charge in [-0.3, -0.25) is 0 Å². The van der Waals surface area contributed by atoms with Gasteiger partial charge in [0.05, 0.1) is 13.2 Å². The summed E-state index contributed by atoms with van der Waals surface area (Å²) in [5.41, 5.74) is -0.251. The number of alkyl halides is 1. The topological polar surface area (TPSA) is 43.2 Å². The van der Waals surface area contributed by atoms with Crippen molar-refractivity contribution in [3.05, 3.63) is 47.5 Å². The Balaban J connectivity index is 1.79. The lowest BCUT2D eigenvalue weighted by Crippen LogP contribution is -2.26. The SMILES string of the molecule is FC(c1ccc(Cl)cc1)C1(Cn2cncn2)CO1. The van der Waals surface area contributed by atoms with Gasteiger partial charge in [0.15, 0.2) is 6.17 Å². The van der Waals surface area contributed by atoms with E-state index in [1.165, 1.54) is 6.33 Å². The van der Waals surface area contributed by atoms with Crippen LogP contribution < -0.4 is 0 Å². The first kappa shape index (κ1) is 11.6. The summed E-state index contributed by atoms with van der Waals surface area (Å²) in [7, 11) is 0. The Morgan fingerprint density at radius 3 is 2.72 bits per heavy atom. The van der Waals surface area contributed by atoms with Crippen LogP contribution in [0, 0.1) is 0 Å². The average Bonchev–Trinajstić information content (AvgIpc) is 2.97. The zero-order valence-corrected chi connectivity index (χ0v) is 10.2. The minimum Gasteiger partial charge on any atom is -0.364 e. The van der Waals surface area contributed by atoms with Crippen LogP contribution in [0.4, 0.5) is 4.39 Å². The Hall–Kier alpha value is -1.46. The normalized spacial score (nSPS) is 23.9. The van der Waals surface area contributed by atoms with E-state index in [9.17, 15) is 4.39 Å². The Morgan fingerprint density at radius 1 is 1.44 bits per heavy atom. The molecule has 0 aliphatic carbocycles. The van der Waals surface area contributed by atoms with Crippen molar-refractivity contribution >= 4 is 11.6 Å². The molecule has 0 spiro atoms. The molecule has 18 heavy (non-hydrogen) atoms. The van der Waals surface area contributed by atoms with Crippen LogP contribution in [0.2, 0.25) is 5.02 Å². The van der Waals surface area contributed by atoms with Gasteiger partial charge >= 0.3 is 0 Å². The van der Waals surface area contributed by atoms with E-state index in [0.717, 1.165) is 0 Å². The number of benzene rings is 1. The minimum atomic E-state index is -1.20. The molecule has 4 nitrogen and oxygen atoms in total. The maximum absolute atomic E-state index is 14.5. The lowest BCUT2D eigenvalue weighted by molar-refractivity contribution is 0.140. The third-order valence-electron chi connectivity index (χ3n) is 3.04. The van der Waals surface area contributed by atoms with Gasteiger partial charge in [0.1, 0.15) is 18.3 Å². The van der Waals surface area contributed by atoms with E-state index in [-0.39, 0.29) is 0 Å². The fourth-order valence-corrected chi connectivity index (χ4v) is 2.06. The summed E-state index contributed by atoms with van der Waals surface area (Å²) in [6.45, 7) is 0.743. The number of nitrogens with zero attached hydrogens (tertiary/aromatic N) is 3. The molecule has 1 saturated heterocycles. The van der Waals surface area contributed by atoms with Crippen LogP contribution in [0.15, 0.2) is 36.9 Å². The standard InChI is InChI=1S/C12H11ClFN3O/c13-10-3-1-9(2-4-10)11(14)12(6-18-12)5-17-8-15-7-16-17/h1-4,7-8,11H,5-6H2. The van der Waals surface area contributed by atoms with E-state index in [1.54, 1.807) is 35.3 Å². The monoisotopic (exact) mass is 267 g/mol. The van der Waals surface area contributed by atoms with Crippen molar-refractivity contribution in [2.45, 2.75) is 18.3 Å². The molecule has 2 atom stereocenters. The first-order valence-electron chi connectivity index (χ1n) is 5.55. The molecular formula is C12H11ClFN3O. The van der Waals surface area contributed by atoms with Gasteiger partial charge in [-0.2, -0.15) is 5.10 Å². The maximum Gasteiger partial charge on any atom is 0.158 e. The van der Waals surface area contributed by atoms with E-state index in [1.807, 2.05) is 0 Å². The largest absolute Gasteiger partial charge is 0.364 e. The van der Waals surface area contributed by atoms with Crippen molar-refractivity contribution in [3.8, 4) is 0 Å². The molecule has 3 rings (SSSR count). The quantitative estimate of drug-likeness (QED) is 0.799. The van der Waals surface area contributed by atoms with Gasteiger partial charge < -0.3 is 4.74 Å². The van der Waals surface area contributed by atoms with E-state index >= 15 is 0 Å². The molecule has 94 valence electrons. The number of ether oxygens (including phenoxy) is 1. The van der Waals surface area contributed by atoms with Gasteiger partial charge in [-0.1, -0.05) is 23.7 Å². The van der Waals surface area contributed by atoms with Crippen molar-refractivity contribution < 1.29 is 9.13 Å². The Morgan fingerprint density at radius 2 is 2.17 bits per heavy atom. The molecule has 0 saturated carbocycles. The van der Waals surface area contributed by atoms with Crippen molar-refractivity contribution in [1.82, 2.24) is 14.8 Å². The van der Waals surface area contributed by atoms with Crippen molar-refractivity contribution in [2.24, 2.45) is 0 Å². The Labute approximate surface area is 108 Å². The van der Waals surface area contributed by atoms with E-state index < -0.39 is 11.8 Å². The molecule has 1 aliphatic rings. The highest BCUT2D eigenvalue weighted by atomic mass is 35.5. The molecule has 1 aromatic carbocycles. The van der Waals surface area contributed by atoms with Gasteiger partial charge in [-0.05, 0) is 17.7 Å².